The second-order valence-electron chi connectivity index (χ2n) is 6.15. The van der Waals surface area contributed by atoms with Gasteiger partial charge in [0.25, 0.3) is 0 Å². The van der Waals surface area contributed by atoms with E-state index in [9.17, 15) is 9.59 Å². The van der Waals surface area contributed by atoms with Crippen LogP contribution in [0.15, 0.2) is 0 Å². The van der Waals surface area contributed by atoms with Gasteiger partial charge in [-0.15, -0.1) is 0 Å². The zero-order chi connectivity index (χ0) is 15.1. The van der Waals surface area contributed by atoms with E-state index in [-0.39, 0.29) is 5.41 Å². The zero-order valence-corrected chi connectivity index (χ0v) is 12.7. The minimum Gasteiger partial charge on any atom is -0.480 e. The number of aliphatic carboxylic acids is 1. The highest BCUT2D eigenvalue weighted by Gasteiger charge is 2.22. The van der Waals surface area contributed by atoms with E-state index < -0.39 is 18.0 Å². The van der Waals surface area contributed by atoms with Crippen LogP contribution in [0, 0.1) is 11.3 Å². The molecule has 0 aliphatic rings. The van der Waals surface area contributed by atoms with Crippen molar-refractivity contribution < 1.29 is 14.7 Å². The van der Waals surface area contributed by atoms with Gasteiger partial charge in [0.15, 0.2) is 0 Å². The molecule has 0 heterocycles. The molecule has 0 saturated carbocycles. The number of hydrogen-bond acceptors (Lipinski definition) is 2. The van der Waals surface area contributed by atoms with E-state index in [1.54, 1.807) is 0 Å². The van der Waals surface area contributed by atoms with Gasteiger partial charge in [-0.1, -0.05) is 47.5 Å². The quantitative estimate of drug-likeness (QED) is 0.666. The van der Waals surface area contributed by atoms with Crippen LogP contribution in [0.1, 0.15) is 53.9 Å². The normalized spacial score (nSPS) is 14.6. The highest BCUT2D eigenvalue weighted by molar-refractivity contribution is 5.82. The molecule has 0 radical (unpaired) electrons. The molecule has 0 aliphatic carbocycles. The highest BCUT2D eigenvalue weighted by atomic mass is 16.4. The summed E-state index contributed by atoms with van der Waals surface area (Å²) >= 11 is 0. The van der Waals surface area contributed by atoms with Crippen molar-refractivity contribution in [3.8, 4) is 0 Å². The zero-order valence-electron chi connectivity index (χ0n) is 12.7. The molecule has 5 nitrogen and oxygen atoms in total. The summed E-state index contributed by atoms with van der Waals surface area (Å²) in [6, 6.07) is -1.20. The molecule has 5 heteroatoms. The third kappa shape index (κ3) is 7.70. The van der Waals surface area contributed by atoms with Gasteiger partial charge in [0.05, 0.1) is 0 Å². The van der Waals surface area contributed by atoms with Gasteiger partial charge in [0, 0.05) is 6.54 Å². The number of nitrogens with one attached hydrogen (secondary N) is 2. The van der Waals surface area contributed by atoms with Crippen LogP contribution in [0.25, 0.3) is 0 Å². The fourth-order valence-corrected chi connectivity index (χ4v) is 1.43. The lowest BCUT2D eigenvalue weighted by atomic mass is 9.82. The van der Waals surface area contributed by atoms with E-state index >= 15 is 0 Å². The number of carboxylic acid groups (broad SMARTS) is 1. The first kappa shape index (κ1) is 17.7. The predicted molar refractivity (Wildman–Crippen MR) is 76.1 cm³/mol. The first-order chi connectivity index (χ1) is 8.68. The Morgan fingerprint density at radius 1 is 1.26 bits per heavy atom. The Bertz CT molecular complexity index is 298. The molecule has 0 aliphatic heterocycles. The van der Waals surface area contributed by atoms with Crippen LogP contribution >= 0.6 is 0 Å². The number of hydrogen-bond donors (Lipinski definition) is 3. The summed E-state index contributed by atoms with van der Waals surface area (Å²) in [4.78, 5) is 22.7. The van der Waals surface area contributed by atoms with E-state index in [0.717, 1.165) is 12.8 Å². The van der Waals surface area contributed by atoms with Crippen LogP contribution in [0.2, 0.25) is 0 Å². The van der Waals surface area contributed by atoms with Gasteiger partial charge in [-0.2, -0.15) is 0 Å². The third-order valence-electron chi connectivity index (χ3n) is 3.50. The smallest absolute Gasteiger partial charge is 0.326 e. The topological polar surface area (TPSA) is 78.4 Å². The van der Waals surface area contributed by atoms with Crippen LogP contribution in [-0.4, -0.2) is 29.7 Å². The molecule has 0 aromatic heterocycles. The first-order valence-electron chi connectivity index (χ1n) is 6.95. The molecule has 0 aromatic rings. The van der Waals surface area contributed by atoms with E-state index in [4.69, 9.17) is 5.11 Å². The molecule has 2 amide bonds. The Balaban J connectivity index is 4.17. The monoisotopic (exact) mass is 272 g/mol. The van der Waals surface area contributed by atoms with Crippen LogP contribution in [-0.2, 0) is 4.79 Å². The Kier molecular flexibility index (Phi) is 7.49. The number of rotatable bonds is 7. The van der Waals surface area contributed by atoms with Crippen molar-refractivity contribution >= 4 is 12.0 Å². The standard InChI is InChI=1S/C14H28N2O3/c1-6-7-8-11(12(17)18)16-13(19)15-9-10(2)14(3,4)5/h10-11H,6-9H2,1-5H3,(H,17,18)(H2,15,16,19). The molecule has 3 N–H and O–H groups in total. The molecule has 0 bridgehead atoms. The van der Waals surface area contributed by atoms with Crippen LogP contribution in [0.5, 0.6) is 0 Å². The molecule has 2 atom stereocenters. The summed E-state index contributed by atoms with van der Waals surface area (Å²) in [6.07, 6.45) is 2.16. The van der Waals surface area contributed by atoms with Crippen LogP contribution in [0.3, 0.4) is 0 Å². The molecule has 0 fully saturated rings. The summed E-state index contributed by atoms with van der Waals surface area (Å²) in [5.41, 5.74) is 0.113. The SMILES string of the molecule is CCCCC(NC(=O)NCC(C)C(C)(C)C)C(=O)O. The third-order valence-corrected chi connectivity index (χ3v) is 3.50. The maximum atomic E-state index is 11.7. The van der Waals surface area contributed by atoms with Crippen molar-refractivity contribution in [2.45, 2.75) is 59.9 Å². The molecule has 0 aromatic carbocycles. The van der Waals surface area contributed by atoms with Crippen LogP contribution < -0.4 is 10.6 Å². The fraction of sp³-hybridized carbons (Fsp3) is 0.857. The number of urea groups is 1. The van der Waals surface area contributed by atoms with Crippen molar-refractivity contribution in [3.63, 3.8) is 0 Å². The second-order valence-corrected chi connectivity index (χ2v) is 6.15. The minimum atomic E-state index is -0.979. The number of carbonyl (C=O) groups excluding carboxylic acids is 1. The lowest BCUT2D eigenvalue weighted by Gasteiger charge is -2.27. The summed E-state index contributed by atoms with van der Waals surface area (Å²) in [5, 5.41) is 14.3. The number of carboxylic acids is 1. The summed E-state index contributed by atoms with van der Waals surface area (Å²) < 4.78 is 0. The number of carbonyl (C=O) groups is 2. The Hall–Kier alpha value is -1.26. The maximum Gasteiger partial charge on any atom is 0.326 e. The largest absolute Gasteiger partial charge is 0.480 e. The van der Waals surface area contributed by atoms with Crippen molar-refractivity contribution in [1.82, 2.24) is 10.6 Å². The molecule has 19 heavy (non-hydrogen) atoms. The van der Waals surface area contributed by atoms with Gasteiger partial charge in [0.2, 0.25) is 0 Å². The minimum absolute atomic E-state index is 0.113. The summed E-state index contributed by atoms with van der Waals surface area (Å²) in [6.45, 7) is 10.9. The number of unbranched alkanes of at least 4 members (excludes halogenated alkanes) is 1. The molecule has 0 spiro atoms. The first-order valence-corrected chi connectivity index (χ1v) is 6.95. The molecule has 2 unspecified atom stereocenters. The van der Waals surface area contributed by atoms with Gasteiger partial charge >= 0.3 is 12.0 Å². The van der Waals surface area contributed by atoms with Crippen molar-refractivity contribution in [2.75, 3.05) is 6.54 Å². The molecule has 112 valence electrons. The maximum absolute atomic E-state index is 11.7. The summed E-state index contributed by atoms with van der Waals surface area (Å²) in [5.74, 6) is -0.662. The summed E-state index contributed by atoms with van der Waals surface area (Å²) in [7, 11) is 0. The van der Waals surface area contributed by atoms with Gasteiger partial charge in [-0.05, 0) is 17.8 Å². The second kappa shape index (κ2) is 8.02. The van der Waals surface area contributed by atoms with E-state index in [0.29, 0.717) is 18.9 Å². The average Bonchev–Trinajstić information content (AvgIpc) is 2.29. The number of amides is 2. The Morgan fingerprint density at radius 3 is 2.26 bits per heavy atom. The van der Waals surface area contributed by atoms with Gasteiger partial charge in [-0.25, -0.2) is 9.59 Å². The van der Waals surface area contributed by atoms with E-state index in [1.165, 1.54) is 0 Å². The van der Waals surface area contributed by atoms with Crippen molar-refractivity contribution in [2.24, 2.45) is 11.3 Å². The van der Waals surface area contributed by atoms with Crippen molar-refractivity contribution in [1.29, 1.82) is 0 Å². The average molecular weight is 272 g/mol. The van der Waals surface area contributed by atoms with Crippen LogP contribution in [0.4, 0.5) is 4.79 Å². The van der Waals surface area contributed by atoms with Gasteiger partial charge in [0.1, 0.15) is 6.04 Å². The Labute approximate surface area is 116 Å². The molecule has 0 saturated heterocycles. The van der Waals surface area contributed by atoms with E-state index in [1.807, 2.05) is 6.92 Å². The van der Waals surface area contributed by atoms with E-state index in [2.05, 4.69) is 38.3 Å². The van der Waals surface area contributed by atoms with Gasteiger partial charge < -0.3 is 15.7 Å². The highest BCUT2D eigenvalue weighted by Crippen LogP contribution is 2.24. The lowest BCUT2D eigenvalue weighted by molar-refractivity contribution is -0.139. The van der Waals surface area contributed by atoms with Crippen molar-refractivity contribution in [3.05, 3.63) is 0 Å². The lowest BCUT2D eigenvalue weighted by Crippen LogP contribution is -2.47. The molecule has 0 rings (SSSR count). The van der Waals surface area contributed by atoms with Gasteiger partial charge in [-0.3, -0.25) is 0 Å². The predicted octanol–water partition coefficient (Wildman–Crippen LogP) is 2.61. The molecular weight excluding hydrogens is 244 g/mol. The molecular formula is C14H28N2O3. The fourth-order valence-electron chi connectivity index (χ4n) is 1.43. The Morgan fingerprint density at radius 2 is 1.84 bits per heavy atom.